The lowest BCUT2D eigenvalue weighted by molar-refractivity contribution is -0.387. The number of nitrogens with zero attached hydrogens (tertiary/aromatic N) is 1. The van der Waals surface area contributed by atoms with Gasteiger partial charge in [0.1, 0.15) is 0 Å². The summed E-state index contributed by atoms with van der Waals surface area (Å²) in [5, 5.41) is 14.5. The Hall–Kier alpha value is -1.11. The van der Waals surface area contributed by atoms with Gasteiger partial charge in [0.15, 0.2) is 0 Å². The fraction of sp³-hybridized carbons (Fsp3) is 0.571. The van der Waals surface area contributed by atoms with Crippen molar-refractivity contribution in [2.24, 2.45) is 5.92 Å². The van der Waals surface area contributed by atoms with Crippen LogP contribution in [0.4, 0.5) is 5.69 Å². The standard InChI is InChI=1S/C14H20N2O3S/c1-2-15-12(11-7-8-19-9-11)10-20-14-6-4-3-5-13(14)16(17)18/h3-6,11-12,15H,2,7-10H2,1H3. The molecule has 110 valence electrons. The van der Waals surface area contributed by atoms with E-state index in [9.17, 15) is 10.1 Å². The molecule has 0 amide bonds. The lowest BCUT2D eigenvalue weighted by atomic mass is 10.0. The molecule has 2 unspecified atom stereocenters. The van der Waals surface area contributed by atoms with E-state index in [-0.39, 0.29) is 10.6 Å². The first kappa shape index (κ1) is 15.3. The van der Waals surface area contributed by atoms with E-state index >= 15 is 0 Å². The highest BCUT2D eigenvalue weighted by atomic mass is 32.2. The topological polar surface area (TPSA) is 64.4 Å². The van der Waals surface area contributed by atoms with Crippen molar-refractivity contribution in [1.82, 2.24) is 5.32 Å². The first-order valence-electron chi connectivity index (χ1n) is 6.89. The van der Waals surface area contributed by atoms with Gasteiger partial charge >= 0.3 is 0 Å². The third-order valence-corrected chi connectivity index (χ3v) is 4.66. The molecule has 1 N–H and O–H groups in total. The van der Waals surface area contributed by atoms with Crippen LogP contribution in [0, 0.1) is 16.0 Å². The Balaban J connectivity index is 2.00. The van der Waals surface area contributed by atoms with Gasteiger partial charge in [0, 0.05) is 30.4 Å². The number of nitrogens with one attached hydrogen (secondary N) is 1. The molecule has 1 heterocycles. The van der Waals surface area contributed by atoms with Crippen LogP contribution in [0.5, 0.6) is 0 Å². The minimum absolute atomic E-state index is 0.190. The Kier molecular flexibility index (Phi) is 5.82. The molecule has 1 aliphatic heterocycles. The number of hydrogen-bond donors (Lipinski definition) is 1. The van der Waals surface area contributed by atoms with Gasteiger partial charge in [0.05, 0.1) is 16.4 Å². The summed E-state index contributed by atoms with van der Waals surface area (Å²) in [6.07, 6.45) is 1.06. The summed E-state index contributed by atoms with van der Waals surface area (Å²) in [4.78, 5) is 11.4. The second-order valence-electron chi connectivity index (χ2n) is 4.82. The Labute approximate surface area is 123 Å². The van der Waals surface area contributed by atoms with Crippen molar-refractivity contribution >= 4 is 17.4 Å². The van der Waals surface area contributed by atoms with Gasteiger partial charge in [-0.15, -0.1) is 11.8 Å². The monoisotopic (exact) mass is 296 g/mol. The molecule has 2 rings (SSSR count). The van der Waals surface area contributed by atoms with E-state index in [1.807, 2.05) is 12.1 Å². The van der Waals surface area contributed by atoms with Crippen molar-refractivity contribution in [2.75, 3.05) is 25.5 Å². The Bertz CT molecular complexity index is 450. The summed E-state index contributed by atoms with van der Waals surface area (Å²) < 4.78 is 5.44. The number of para-hydroxylation sites is 1. The molecule has 1 aliphatic rings. The normalized spacial score (nSPS) is 19.9. The van der Waals surface area contributed by atoms with Gasteiger partial charge in [-0.2, -0.15) is 0 Å². The zero-order chi connectivity index (χ0) is 14.4. The number of hydrogen-bond acceptors (Lipinski definition) is 5. The number of thioether (sulfide) groups is 1. The molecule has 0 aromatic heterocycles. The van der Waals surface area contributed by atoms with Gasteiger partial charge in [-0.05, 0) is 19.0 Å². The average Bonchev–Trinajstić information content (AvgIpc) is 2.97. The molecule has 0 radical (unpaired) electrons. The fourth-order valence-corrected chi connectivity index (χ4v) is 3.62. The van der Waals surface area contributed by atoms with Crippen LogP contribution in [0.2, 0.25) is 0 Å². The quantitative estimate of drug-likeness (QED) is 0.476. The van der Waals surface area contributed by atoms with Gasteiger partial charge in [-0.25, -0.2) is 0 Å². The van der Waals surface area contributed by atoms with Crippen LogP contribution in [0.3, 0.4) is 0 Å². The predicted molar refractivity (Wildman–Crippen MR) is 80.2 cm³/mol. The summed E-state index contributed by atoms with van der Waals surface area (Å²) in [6, 6.07) is 7.26. The first-order valence-corrected chi connectivity index (χ1v) is 7.88. The van der Waals surface area contributed by atoms with Crippen molar-refractivity contribution in [3.8, 4) is 0 Å². The second kappa shape index (κ2) is 7.61. The van der Waals surface area contributed by atoms with Crippen LogP contribution in [0.15, 0.2) is 29.2 Å². The summed E-state index contributed by atoms with van der Waals surface area (Å²) in [5.41, 5.74) is 0.190. The summed E-state index contributed by atoms with van der Waals surface area (Å²) in [6.45, 7) is 4.59. The maximum absolute atomic E-state index is 11.0. The van der Waals surface area contributed by atoms with Crippen LogP contribution in [-0.2, 0) is 4.74 Å². The van der Waals surface area contributed by atoms with Crippen LogP contribution >= 0.6 is 11.8 Å². The van der Waals surface area contributed by atoms with E-state index in [1.165, 1.54) is 0 Å². The Morgan fingerprint density at radius 3 is 3.00 bits per heavy atom. The maximum Gasteiger partial charge on any atom is 0.282 e. The van der Waals surface area contributed by atoms with Crippen LogP contribution < -0.4 is 5.32 Å². The first-order chi connectivity index (χ1) is 9.72. The molecule has 1 fully saturated rings. The predicted octanol–water partition coefficient (Wildman–Crippen LogP) is 2.70. The summed E-state index contributed by atoms with van der Waals surface area (Å²) in [5.74, 6) is 1.33. The Morgan fingerprint density at radius 1 is 1.55 bits per heavy atom. The molecule has 1 aromatic carbocycles. The SMILES string of the molecule is CCNC(CSc1ccccc1[N+](=O)[O-])C1CCOC1. The number of ether oxygens (including phenoxy) is 1. The lowest BCUT2D eigenvalue weighted by Crippen LogP contribution is -2.38. The molecular weight excluding hydrogens is 276 g/mol. The lowest BCUT2D eigenvalue weighted by Gasteiger charge is -2.22. The molecule has 0 saturated carbocycles. The molecule has 5 nitrogen and oxygen atoms in total. The van der Waals surface area contributed by atoms with E-state index in [0.29, 0.717) is 12.0 Å². The third kappa shape index (κ3) is 3.94. The van der Waals surface area contributed by atoms with E-state index in [2.05, 4.69) is 12.2 Å². The highest BCUT2D eigenvalue weighted by molar-refractivity contribution is 7.99. The van der Waals surface area contributed by atoms with Gasteiger partial charge < -0.3 is 10.1 Å². The number of benzene rings is 1. The van der Waals surface area contributed by atoms with Crippen molar-refractivity contribution < 1.29 is 9.66 Å². The largest absolute Gasteiger partial charge is 0.381 e. The highest BCUT2D eigenvalue weighted by Crippen LogP contribution is 2.31. The molecule has 2 atom stereocenters. The third-order valence-electron chi connectivity index (χ3n) is 3.48. The summed E-state index contributed by atoms with van der Waals surface area (Å²) >= 11 is 1.55. The fourth-order valence-electron chi connectivity index (χ4n) is 2.40. The van der Waals surface area contributed by atoms with Gasteiger partial charge in [0.2, 0.25) is 0 Å². The van der Waals surface area contributed by atoms with Crippen molar-refractivity contribution in [1.29, 1.82) is 0 Å². The molecule has 0 bridgehead atoms. The number of nitro groups is 1. The minimum atomic E-state index is -0.316. The smallest absolute Gasteiger partial charge is 0.282 e. The minimum Gasteiger partial charge on any atom is -0.381 e. The molecule has 1 saturated heterocycles. The molecule has 0 aliphatic carbocycles. The van der Waals surface area contributed by atoms with Crippen LogP contribution in [0.25, 0.3) is 0 Å². The molecular formula is C14H20N2O3S. The number of nitro benzene ring substituents is 1. The van der Waals surface area contributed by atoms with E-state index < -0.39 is 0 Å². The van der Waals surface area contributed by atoms with Gasteiger partial charge in [-0.1, -0.05) is 19.1 Å². The summed E-state index contributed by atoms with van der Waals surface area (Å²) in [7, 11) is 0. The van der Waals surface area contributed by atoms with Crippen molar-refractivity contribution in [3.05, 3.63) is 34.4 Å². The number of rotatable bonds is 7. The van der Waals surface area contributed by atoms with E-state index in [4.69, 9.17) is 4.74 Å². The molecule has 1 aromatic rings. The van der Waals surface area contributed by atoms with Crippen LogP contribution in [0.1, 0.15) is 13.3 Å². The van der Waals surface area contributed by atoms with E-state index in [0.717, 1.165) is 36.8 Å². The highest BCUT2D eigenvalue weighted by Gasteiger charge is 2.26. The van der Waals surface area contributed by atoms with Gasteiger partial charge in [0.25, 0.3) is 5.69 Å². The Morgan fingerprint density at radius 2 is 2.35 bits per heavy atom. The van der Waals surface area contributed by atoms with Gasteiger partial charge in [-0.3, -0.25) is 10.1 Å². The zero-order valence-electron chi connectivity index (χ0n) is 11.6. The van der Waals surface area contributed by atoms with Crippen molar-refractivity contribution in [2.45, 2.75) is 24.3 Å². The van der Waals surface area contributed by atoms with Crippen LogP contribution in [-0.4, -0.2) is 36.5 Å². The zero-order valence-corrected chi connectivity index (χ0v) is 12.4. The molecule has 0 spiro atoms. The molecule has 6 heteroatoms. The maximum atomic E-state index is 11.0. The second-order valence-corrected chi connectivity index (χ2v) is 5.89. The van der Waals surface area contributed by atoms with Crippen molar-refractivity contribution in [3.63, 3.8) is 0 Å². The molecule has 20 heavy (non-hydrogen) atoms. The van der Waals surface area contributed by atoms with E-state index in [1.54, 1.807) is 23.9 Å². The average molecular weight is 296 g/mol.